The zero-order valence-corrected chi connectivity index (χ0v) is 33.0. The molecule has 294 valence electrons. The Morgan fingerprint density at radius 3 is 2.31 bits per heavy atom. The van der Waals surface area contributed by atoms with Gasteiger partial charge in [-0.05, 0) is 97.4 Å². The molecule has 10 rings (SSSR count). The third-order valence-electron chi connectivity index (χ3n) is 11.7. The average molecular weight is 773 g/mol. The zero-order valence-electron chi connectivity index (χ0n) is 33.0. The first-order valence-corrected chi connectivity index (χ1v) is 20.2. The number of anilines is 4. The van der Waals surface area contributed by atoms with Gasteiger partial charge in [-0.2, -0.15) is 0 Å². The van der Waals surface area contributed by atoms with E-state index in [4.69, 9.17) is 15.0 Å². The van der Waals surface area contributed by atoms with Crippen LogP contribution in [0.15, 0.2) is 91.4 Å². The molecule has 0 saturated carbocycles. The van der Waals surface area contributed by atoms with Crippen LogP contribution in [0.3, 0.4) is 0 Å². The molecule has 1 spiro atoms. The minimum atomic E-state index is 0.378. The lowest BCUT2D eigenvalue weighted by Gasteiger charge is -2.54. The highest BCUT2D eigenvalue weighted by Gasteiger charge is 2.44. The molecule has 14 nitrogen and oxygen atoms in total. The smallest absolute Gasteiger partial charge is 0.182 e. The number of likely N-dealkylation sites (N-methyl/N-ethyl adjacent to an activating group) is 1. The van der Waals surface area contributed by atoms with Crippen LogP contribution in [-0.4, -0.2) is 103 Å². The van der Waals surface area contributed by atoms with Gasteiger partial charge in [0.1, 0.15) is 34.3 Å². The van der Waals surface area contributed by atoms with E-state index < -0.39 is 0 Å². The Bertz CT molecular complexity index is 2720. The normalized spacial score (nSPS) is 15.5. The molecule has 2 fully saturated rings. The second kappa shape index (κ2) is 15.2. The predicted octanol–water partition coefficient (Wildman–Crippen LogP) is 6.63. The summed E-state index contributed by atoms with van der Waals surface area (Å²) in [5.41, 5.74) is 9.19. The minimum absolute atomic E-state index is 0.378. The summed E-state index contributed by atoms with van der Waals surface area (Å²) in [7, 11) is 4.11. The van der Waals surface area contributed by atoms with Gasteiger partial charge in [0.25, 0.3) is 0 Å². The van der Waals surface area contributed by atoms with E-state index in [2.05, 4.69) is 124 Å². The van der Waals surface area contributed by atoms with Gasteiger partial charge < -0.3 is 35.7 Å². The van der Waals surface area contributed by atoms with E-state index in [1.807, 2.05) is 24.4 Å². The topological polar surface area (TPSA) is 155 Å². The molecular weight excluding hydrogens is 725 g/mol. The summed E-state index contributed by atoms with van der Waals surface area (Å²) in [4.78, 5) is 42.6. The largest absolute Gasteiger partial charge is 0.369 e. The van der Waals surface area contributed by atoms with E-state index in [0.717, 1.165) is 98.2 Å². The highest BCUT2D eigenvalue weighted by molar-refractivity contribution is 5.83. The van der Waals surface area contributed by atoms with Crippen molar-refractivity contribution in [1.29, 1.82) is 0 Å². The maximum Gasteiger partial charge on any atom is 0.182 e. The fourth-order valence-corrected chi connectivity index (χ4v) is 8.53. The molecule has 0 unspecified atom stereocenters. The monoisotopic (exact) mass is 772 g/mol. The van der Waals surface area contributed by atoms with Crippen LogP contribution >= 0.6 is 0 Å². The SMILES string of the molecule is CN(C)CCNc1ccc2ncc(NCc3ccc4cc(CN5CC6(CCN(c7ccc8ncc(NCc9cccc%10[nH]ccc9%10)nc8n7)CC6)C5)[nH]c4c3)nc2n1. The number of aromatic nitrogens is 8. The molecule has 0 bridgehead atoms. The number of piperidine rings is 1. The summed E-state index contributed by atoms with van der Waals surface area (Å²) in [5, 5.41) is 12.7. The number of H-pyrrole nitrogens is 2. The summed E-state index contributed by atoms with van der Waals surface area (Å²) in [6.07, 6.45) is 7.87. The Labute approximate surface area is 336 Å². The Morgan fingerprint density at radius 2 is 1.50 bits per heavy atom. The first-order chi connectivity index (χ1) is 28.4. The Balaban J connectivity index is 0.713. The van der Waals surface area contributed by atoms with Crippen LogP contribution in [0.1, 0.15) is 29.7 Å². The quantitative estimate of drug-likeness (QED) is 0.0855. The van der Waals surface area contributed by atoms with Crippen molar-refractivity contribution in [2.75, 3.05) is 74.2 Å². The van der Waals surface area contributed by atoms with E-state index in [9.17, 15) is 0 Å². The van der Waals surface area contributed by atoms with E-state index in [1.54, 1.807) is 12.4 Å². The molecule has 2 aromatic carbocycles. The molecule has 8 aromatic rings. The maximum absolute atomic E-state index is 4.98. The number of rotatable bonds is 13. The number of likely N-dealkylation sites (tertiary alicyclic amines) is 1. The molecular formula is C44H48N14. The summed E-state index contributed by atoms with van der Waals surface area (Å²) < 4.78 is 0. The molecule has 0 atom stereocenters. The van der Waals surface area contributed by atoms with E-state index in [-0.39, 0.29) is 0 Å². The van der Waals surface area contributed by atoms with Crippen molar-refractivity contribution in [1.82, 2.24) is 49.7 Å². The van der Waals surface area contributed by atoms with Crippen molar-refractivity contribution in [3.05, 3.63) is 108 Å². The van der Waals surface area contributed by atoms with Crippen molar-refractivity contribution in [2.45, 2.75) is 32.5 Å². The fourth-order valence-electron chi connectivity index (χ4n) is 8.53. The molecule has 2 aliphatic rings. The van der Waals surface area contributed by atoms with Gasteiger partial charge in [-0.1, -0.05) is 24.3 Å². The van der Waals surface area contributed by atoms with Gasteiger partial charge in [0, 0.05) is 87.2 Å². The lowest BCUT2D eigenvalue weighted by atomic mass is 9.72. The molecule has 2 saturated heterocycles. The first-order valence-electron chi connectivity index (χ1n) is 20.2. The van der Waals surface area contributed by atoms with E-state index in [0.29, 0.717) is 35.6 Å². The van der Waals surface area contributed by atoms with Crippen molar-refractivity contribution >= 4 is 67.4 Å². The van der Waals surface area contributed by atoms with Gasteiger partial charge in [0.2, 0.25) is 0 Å². The lowest BCUT2D eigenvalue weighted by molar-refractivity contribution is -0.0246. The summed E-state index contributed by atoms with van der Waals surface area (Å²) in [6.45, 7) is 8.23. The molecule has 14 heteroatoms. The summed E-state index contributed by atoms with van der Waals surface area (Å²) in [6, 6.07) is 25.4. The second-order valence-corrected chi connectivity index (χ2v) is 16.2. The first kappa shape index (κ1) is 36.0. The summed E-state index contributed by atoms with van der Waals surface area (Å²) in [5.74, 6) is 3.22. The molecule has 8 heterocycles. The standard InChI is InChI=1S/C44H48N14/c1-56(2)19-16-46-38-10-8-35-42(52-38)53-39(24-47-35)49-22-29-6-7-30-21-32(51-37(30)20-29)26-57-27-44(28-57)13-17-58(18-14-44)41-11-9-36-43(55-41)54-40(25-48-36)50-23-31-4-3-5-34-33(31)12-15-45-34/h3-12,15,20-21,24-25,45,51H,13-14,16-19,22-23,26-28H2,1-2H3,(H,50,54,55)(H2,46,49,52,53). The van der Waals surface area contributed by atoms with E-state index >= 15 is 0 Å². The third kappa shape index (κ3) is 7.55. The van der Waals surface area contributed by atoms with Gasteiger partial charge in [-0.3, -0.25) is 4.90 Å². The van der Waals surface area contributed by atoms with Crippen LogP contribution in [0.4, 0.5) is 23.3 Å². The molecule has 0 amide bonds. The summed E-state index contributed by atoms with van der Waals surface area (Å²) >= 11 is 0. The minimum Gasteiger partial charge on any atom is -0.369 e. The van der Waals surface area contributed by atoms with Crippen LogP contribution in [0.2, 0.25) is 0 Å². The molecule has 2 aliphatic heterocycles. The molecule has 0 radical (unpaired) electrons. The molecule has 6 aromatic heterocycles. The van der Waals surface area contributed by atoms with Crippen LogP contribution in [-0.2, 0) is 19.6 Å². The van der Waals surface area contributed by atoms with Gasteiger partial charge in [-0.25, -0.2) is 29.9 Å². The zero-order chi connectivity index (χ0) is 39.1. The fraction of sp³-hybridized carbons (Fsp3) is 0.318. The highest BCUT2D eigenvalue weighted by Crippen LogP contribution is 2.42. The van der Waals surface area contributed by atoms with E-state index in [1.165, 1.54) is 27.6 Å². The van der Waals surface area contributed by atoms with Crippen LogP contribution in [0, 0.1) is 5.41 Å². The van der Waals surface area contributed by atoms with Gasteiger partial charge in [0.05, 0.1) is 12.4 Å². The molecule has 58 heavy (non-hydrogen) atoms. The van der Waals surface area contributed by atoms with Crippen LogP contribution < -0.4 is 20.9 Å². The second-order valence-electron chi connectivity index (χ2n) is 16.2. The van der Waals surface area contributed by atoms with Gasteiger partial charge >= 0.3 is 0 Å². The maximum atomic E-state index is 4.98. The van der Waals surface area contributed by atoms with Crippen LogP contribution in [0.25, 0.3) is 44.1 Å². The van der Waals surface area contributed by atoms with Crippen molar-refractivity contribution in [3.8, 4) is 0 Å². The predicted molar refractivity (Wildman–Crippen MR) is 232 cm³/mol. The third-order valence-corrected chi connectivity index (χ3v) is 11.7. The lowest BCUT2D eigenvalue weighted by Crippen LogP contribution is -2.59. The average Bonchev–Trinajstić information content (AvgIpc) is 3.88. The highest BCUT2D eigenvalue weighted by atomic mass is 15.3. The van der Waals surface area contributed by atoms with Crippen LogP contribution in [0.5, 0.6) is 0 Å². The number of pyridine rings is 2. The number of aromatic amines is 2. The van der Waals surface area contributed by atoms with Gasteiger partial charge in [-0.15, -0.1) is 0 Å². The number of hydrogen-bond donors (Lipinski definition) is 5. The van der Waals surface area contributed by atoms with Crippen molar-refractivity contribution in [2.24, 2.45) is 5.41 Å². The van der Waals surface area contributed by atoms with Crippen molar-refractivity contribution in [3.63, 3.8) is 0 Å². The number of benzene rings is 2. The molecule has 0 aliphatic carbocycles. The molecule has 5 N–H and O–H groups in total. The Kier molecular flexibility index (Phi) is 9.42. The van der Waals surface area contributed by atoms with Crippen molar-refractivity contribution < 1.29 is 0 Å². The number of nitrogens with one attached hydrogen (secondary N) is 5. The number of hydrogen-bond acceptors (Lipinski definition) is 12. The van der Waals surface area contributed by atoms with Gasteiger partial charge in [0.15, 0.2) is 11.3 Å². The Hall–Kier alpha value is -6.38. The number of fused-ring (bicyclic) bond motifs is 4. The number of nitrogens with zero attached hydrogens (tertiary/aromatic N) is 9. The Morgan fingerprint density at radius 1 is 0.741 bits per heavy atom.